The van der Waals surface area contributed by atoms with Crippen molar-refractivity contribution in [2.75, 3.05) is 6.54 Å². The van der Waals surface area contributed by atoms with Gasteiger partial charge in [0.05, 0.1) is 18.4 Å². The van der Waals surface area contributed by atoms with E-state index < -0.39 is 5.41 Å². The first-order chi connectivity index (χ1) is 18.2. The fourth-order valence-corrected chi connectivity index (χ4v) is 5.88. The zero-order chi connectivity index (χ0) is 26.5. The predicted octanol–water partition coefficient (Wildman–Crippen LogP) is 7.80. The SMILES string of the molecule is CC1(CN(Cc2ncc(-c3ccc4c(c3)C(F)(P)c3cc(Br)ccc3-4)[nH]2)C(=O)OCc2ccccc2)CC1. The zero-order valence-electron chi connectivity index (χ0n) is 21.0. The Morgan fingerprint density at radius 3 is 2.55 bits per heavy atom. The van der Waals surface area contributed by atoms with Gasteiger partial charge < -0.3 is 14.6 Å². The molecule has 1 fully saturated rings. The largest absolute Gasteiger partial charge is 0.445 e. The van der Waals surface area contributed by atoms with Crippen molar-refractivity contribution in [1.82, 2.24) is 14.9 Å². The van der Waals surface area contributed by atoms with Crippen LogP contribution >= 0.6 is 25.2 Å². The Kier molecular flexibility index (Phi) is 6.40. The van der Waals surface area contributed by atoms with E-state index in [9.17, 15) is 4.79 Å². The molecule has 0 radical (unpaired) electrons. The molecule has 1 aromatic heterocycles. The van der Waals surface area contributed by atoms with E-state index in [1.165, 1.54) is 0 Å². The molecule has 38 heavy (non-hydrogen) atoms. The molecule has 5 nitrogen and oxygen atoms in total. The monoisotopic (exact) mass is 591 g/mol. The second-order valence-corrected chi connectivity index (χ2v) is 12.3. The zero-order valence-corrected chi connectivity index (χ0v) is 23.7. The van der Waals surface area contributed by atoms with Gasteiger partial charge in [0.25, 0.3) is 0 Å². The molecular formula is C30H28BrFN3O2P. The molecule has 2 atom stereocenters. The van der Waals surface area contributed by atoms with E-state index in [1.807, 2.05) is 66.7 Å². The lowest BCUT2D eigenvalue weighted by Gasteiger charge is -2.24. The standard InChI is InChI=1S/C30H28BrFN3O2P/c1-29(11-12-29)18-35(28(36)37-17-19-5-3-2-4-6-19)16-27-33-15-26(34-27)20-7-9-22-23-10-8-21(31)14-25(23)30(32,38)24(22)13-20/h2-10,13-15H,11-12,16-18,38H2,1H3,(H,33,34). The highest BCUT2D eigenvalue weighted by molar-refractivity contribution is 9.10. The van der Waals surface area contributed by atoms with Crippen molar-refractivity contribution in [2.24, 2.45) is 5.41 Å². The normalized spacial score (nSPS) is 18.5. The molecule has 4 aromatic rings. The Balaban J connectivity index is 1.21. The Hall–Kier alpha value is -3.02. The highest BCUT2D eigenvalue weighted by Gasteiger charge is 2.41. The third-order valence-electron chi connectivity index (χ3n) is 7.49. The molecule has 2 unspecified atom stereocenters. The maximum atomic E-state index is 16.0. The summed E-state index contributed by atoms with van der Waals surface area (Å²) in [5.74, 6) is 0.658. The number of ether oxygens (including phenoxy) is 1. The number of fused-ring (bicyclic) bond motifs is 3. The van der Waals surface area contributed by atoms with Crippen LogP contribution in [0.15, 0.2) is 77.4 Å². The number of carbonyl (C=O) groups excluding carboxylic acids is 1. The Morgan fingerprint density at radius 2 is 1.82 bits per heavy atom. The van der Waals surface area contributed by atoms with Crippen molar-refractivity contribution in [3.05, 3.63) is 99.9 Å². The second-order valence-electron chi connectivity index (χ2n) is 10.6. The number of hydrogen-bond donors (Lipinski definition) is 1. The molecule has 8 heteroatoms. The lowest BCUT2D eigenvalue weighted by Crippen LogP contribution is -2.35. The first kappa shape index (κ1) is 25.3. The molecule has 194 valence electrons. The average molecular weight is 592 g/mol. The molecule has 1 heterocycles. The van der Waals surface area contributed by atoms with Crippen LogP contribution in [-0.4, -0.2) is 27.5 Å². The Bertz CT molecular complexity index is 1520. The number of halogens is 2. The third-order valence-corrected chi connectivity index (χ3v) is 8.61. The molecule has 1 amide bonds. The van der Waals surface area contributed by atoms with Gasteiger partial charge in [0.1, 0.15) is 12.4 Å². The summed E-state index contributed by atoms with van der Waals surface area (Å²) >= 11 is 3.46. The van der Waals surface area contributed by atoms with Gasteiger partial charge in [0.15, 0.2) is 5.41 Å². The molecular weight excluding hydrogens is 564 g/mol. The number of imidazole rings is 1. The molecule has 1 N–H and O–H groups in total. The summed E-state index contributed by atoms with van der Waals surface area (Å²) in [5.41, 5.74) is 5.71. The number of H-pyrrole nitrogens is 1. The van der Waals surface area contributed by atoms with Gasteiger partial charge in [-0.25, -0.2) is 14.2 Å². The van der Waals surface area contributed by atoms with Crippen LogP contribution in [0.25, 0.3) is 22.4 Å². The van der Waals surface area contributed by atoms with Gasteiger partial charge in [0, 0.05) is 27.7 Å². The summed E-state index contributed by atoms with van der Waals surface area (Å²) in [4.78, 5) is 22.7. The van der Waals surface area contributed by atoms with Crippen LogP contribution < -0.4 is 0 Å². The van der Waals surface area contributed by atoms with Gasteiger partial charge in [-0.1, -0.05) is 80.6 Å². The van der Waals surface area contributed by atoms with E-state index in [1.54, 1.807) is 11.1 Å². The van der Waals surface area contributed by atoms with Crippen LogP contribution in [0.4, 0.5) is 9.18 Å². The highest BCUT2D eigenvalue weighted by atomic mass is 79.9. The van der Waals surface area contributed by atoms with E-state index in [0.29, 0.717) is 30.0 Å². The van der Waals surface area contributed by atoms with Crippen LogP contribution in [-0.2, 0) is 23.3 Å². The summed E-state index contributed by atoms with van der Waals surface area (Å²) < 4.78 is 22.4. The lowest BCUT2D eigenvalue weighted by molar-refractivity contribution is 0.0857. The quantitative estimate of drug-likeness (QED) is 0.223. The first-order valence-electron chi connectivity index (χ1n) is 12.6. The molecule has 0 saturated heterocycles. The van der Waals surface area contributed by atoms with Crippen molar-refractivity contribution in [3.8, 4) is 22.4 Å². The van der Waals surface area contributed by atoms with E-state index in [2.05, 4.69) is 42.1 Å². The molecule has 1 saturated carbocycles. The number of rotatable bonds is 7. The van der Waals surface area contributed by atoms with Gasteiger partial charge in [-0.15, -0.1) is 0 Å². The van der Waals surface area contributed by atoms with Crippen LogP contribution in [0.3, 0.4) is 0 Å². The van der Waals surface area contributed by atoms with Crippen molar-refractivity contribution >= 4 is 31.3 Å². The summed E-state index contributed by atoms with van der Waals surface area (Å²) in [6.07, 6.45) is 3.57. The Labute approximate surface area is 232 Å². The first-order valence-corrected chi connectivity index (χ1v) is 14.0. The summed E-state index contributed by atoms with van der Waals surface area (Å²) in [6, 6.07) is 21.2. The van der Waals surface area contributed by atoms with Gasteiger partial charge >= 0.3 is 6.09 Å². The minimum absolute atomic E-state index is 0.119. The number of carbonyl (C=O) groups is 1. The minimum atomic E-state index is -1.67. The number of amides is 1. The number of benzene rings is 3. The van der Waals surface area contributed by atoms with Gasteiger partial charge in [-0.3, -0.25) is 0 Å². The summed E-state index contributed by atoms with van der Waals surface area (Å²) in [6.45, 7) is 3.33. The topological polar surface area (TPSA) is 58.2 Å². The van der Waals surface area contributed by atoms with Crippen LogP contribution in [0.1, 0.15) is 42.3 Å². The van der Waals surface area contributed by atoms with Crippen molar-refractivity contribution in [2.45, 2.75) is 38.3 Å². The van der Waals surface area contributed by atoms with E-state index >= 15 is 4.39 Å². The van der Waals surface area contributed by atoms with E-state index in [0.717, 1.165) is 45.3 Å². The molecule has 3 aromatic carbocycles. The molecule has 2 aliphatic carbocycles. The van der Waals surface area contributed by atoms with Crippen LogP contribution in [0.2, 0.25) is 0 Å². The van der Waals surface area contributed by atoms with E-state index in [4.69, 9.17) is 4.74 Å². The summed E-state index contributed by atoms with van der Waals surface area (Å²) in [7, 11) is 2.38. The maximum absolute atomic E-state index is 16.0. The number of aromatic amines is 1. The Morgan fingerprint density at radius 1 is 1.11 bits per heavy atom. The summed E-state index contributed by atoms with van der Waals surface area (Å²) in [5, 5.41) is -1.67. The number of nitrogens with one attached hydrogen (secondary N) is 1. The minimum Gasteiger partial charge on any atom is -0.445 e. The third kappa shape index (κ3) is 4.90. The van der Waals surface area contributed by atoms with Crippen LogP contribution in [0.5, 0.6) is 0 Å². The highest BCUT2D eigenvalue weighted by Crippen LogP contribution is 2.55. The van der Waals surface area contributed by atoms with Gasteiger partial charge in [0.2, 0.25) is 0 Å². The predicted molar refractivity (Wildman–Crippen MR) is 153 cm³/mol. The second kappa shape index (κ2) is 9.62. The van der Waals surface area contributed by atoms with Crippen molar-refractivity contribution in [3.63, 3.8) is 0 Å². The average Bonchev–Trinajstić information content (AvgIpc) is 3.37. The molecule has 0 bridgehead atoms. The van der Waals surface area contributed by atoms with Crippen molar-refractivity contribution in [1.29, 1.82) is 0 Å². The number of alkyl halides is 1. The number of nitrogens with zero attached hydrogens (tertiary/aromatic N) is 2. The van der Waals surface area contributed by atoms with Crippen molar-refractivity contribution < 1.29 is 13.9 Å². The van der Waals surface area contributed by atoms with Gasteiger partial charge in [-0.05, 0) is 53.1 Å². The van der Waals surface area contributed by atoms with E-state index in [-0.39, 0.29) is 18.1 Å². The maximum Gasteiger partial charge on any atom is 0.410 e. The fourth-order valence-electron chi connectivity index (χ4n) is 5.04. The van der Waals surface area contributed by atoms with Gasteiger partial charge in [-0.2, -0.15) is 0 Å². The molecule has 0 spiro atoms. The fraction of sp³-hybridized carbons (Fsp3) is 0.267. The lowest BCUT2D eigenvalue weighted by atomic mass is 10.0. The molecule has 2 aliphatic rings. The number of hydrogen-bond acceptors (Lipinski definition) is 3. The van der Waals surface area contributed by atoms with Crippen LogP contribution in [0, 0.1) is 5.41 Å². The molecule has 6 rings (SSSR count). The molecule has 0 aliphatic heterocycles. The number of aromatic nitrogens is 2. The smallest absolute Gasteiger partial charge is 0.410 e.